The second-order valence-electron chi connectivity index (χ2n) is 6.43. The summed E-state index contributed by atoms with van der Waals surface area (Å²) in [6.45, 7) is 0.287. The summed E-state index contributed by atoms with van der Waals surface area (Å²) >= 11 is 6.09. The van der Waals surface area contributed by atoms with Gasteiger partial charge in [0.25, 0.3) is 0 Å². The fraction of sp³-hybridized carbons (Fsp3) is 0.316. The third-order valence-corrected chi connectivity index (χ3v) is 6.99. The number of carbonyl (C=O) groups excluding carboxylic acids is 1. The highest BCUT2D eigenvalue weighted by Gasteiger charge is 2.33. The quantitative estimate of drug-likeness (QED) is 0.735. The molecule has 9 heteroatoms. The van der Waals surface area contributed by atoms with E-state index in [9.17, 15) is 22.0 Å². The molecule has 28 heavy (non-hydrogen) atoms. The molecule has 0 radical (unpaired) electrons. The van der Waals surface area contributed by atoms with Gasteiger partial charge in [-0.2, -0.15) is 4.31 Å². The zero-order valence-corrected chi connectivity index (χ0v) is 16.5. The minimum Gasteiger partial charge on any atom is -0.340 e. The lowest BCUT2D eigenvalue weighted by molar-refractivity contribution is -0.132. The molecule has 0 atom stereocenters. The normalized spacial score (nSPS) is 15.6. The standard InChI is InChI=1S/C19H19ClF2N2O3S/c20-15-5-2-1-4-14(15)8-9-18(25)23-10-12-24(13-11-23)28(26,27)19-16(21)6-3-7-17(19)22/h1-7H,8-13H2. The van der Waals surface area contributed by atoms with Crippen LogP contribution in [0.1, 0.15) is 12.0 Å². The fourth-order valence-corrected chi connectivity index (χ4v) is 4.90. The Morgan fingerprint density at radius 3 is 2.18 bits per heavy atom. The zero-order chi connectivity index (χ0) is 20.3. The van der Waals surface area contributed by atoms with Gasteiger partial charge in [-0.1, -0.05) is 35.9 Å². The highest BCUT2D eigenvalue weighted by atomic mass is 35.5. The highest BCUT2D eigenvalue weighted by molar-refractivity contribution is 7.89. The second kappa shape index (κ2) is 8.55. The third-order valence-electron chi connectivity index (χ3n) is 4.67. The lowest BCUT2D eigenvalue weighted by Crippen LogP contribution is -2.50. The Balaban J connectivity index is 1.61. The number of rotatable bonds is 5. The third kappa shape index (κ3) is 4.34. The summed E-state index contributed by atoms with van der Waals surface area (Å²) in [6.07, 6.45) is 0.732. The van der Waals surface area contributed by atoms with Gasteiger partial charge in [-0.05, 0) is 30.2 Å². The van der Waals surface area contributed by atoms with E-state index in [0.717, 1.165) is 28.1 Å². The van der Waals surface area contributed by atoms with Gasteiger partial charge < -0.3 is 4.90 Å². The molecule has 0 saturated carbocycles. The van der Waals surface area contributed by atoms with Gasteiger partial charge in [0.15, 0.2) is 4.90 Å². The van der Waals surface area contributed by atoms with E-state index in [-0.39, 0.29) is 38.5 Å². The molecule has 1 saturated heterocycles. The molecule has 0 aliphatic carbocycles. The van der Waals surface area contributed by atoms with Crippen LogP contribution in [0.25, 0.3) is 0 Å². The molecule has 1 heterocycles. The van der Waals surface area contributed by atoms with Crippen molar-refractivity contribution in [2.45, 2.75) is 17.7 Å². The first-order chi connectivity index (χ1) is 13.3. The molecule has 1 fully saturated rings. The topological polar surface area (TPSA) is 57.7 Å². The lowest BCUT2D eigenvalue weighted by Gasteiger charge is -2.34. The van der Waals surface area contributed by atoms with Crippen LogP contribution in [0, 0.1) is 11.6 Å². The molecule has 1 amide bonds. The molecule has 0 unspecified atom stereocenters. The van der Waals surface area contributed by atoms with Gasteiger partial charge in [0.05, 0.1) is 0 Å². The number of aryl methyl sites for hydroxylation is 1. The van der Waals surface area contributed by atoms with Crippen LogP contribution in [0.15, 0.2) is 47.4 Å². The molecule has 150 valence electrons. The number of benzene rings is 2. The van der Waals surface area contributed by atoms with Crippen molar-refractivity contribution in [1.82, 2.24) is 9.21 Å². The van der Waals surface area contributed by atoms with Gasteiger partial charge in [0, 0.05) is 37.6 Å². The molecular formula is C19H19ClF2N2O3S. The number of piperazine rings is 1. The summed E-state index contributed by atoms with van der Waals surface area (Å²) in [4.78, 5) is 13.0. The maximum Gasteiger partial charge on any atom is 0.249 e. The van der Waals surface area contributed by atoms with Crippen molar-refractivity contribution in [2.75, 3.05) is 26.2 Å². The van der Waals surface area contributed by atoms with Crippen molar-refractivity contribution in [3.63, 3.8) is 0 Å². The molecule has 3 rings (SSSR count). The Morgan fingerprint density at radius 2 is 1.57 bits per heavy atom. The Morgan fingerprint density at radius 1 is 0.964 bits per heavy atom. The fourth-order valence-electron chi connectivity index (χ4n) is 3.14. The van der Waals surface area contributed by atoms with E-state index in [1.807, 2.05) is 18.2 Å². The largest absolute Gasteiger partial charge is 0.340 e. The first kappa shape index (κ1) is 20.7. The number of sulfonamides is 1. The summed E-state index contributed by atoms with van der Waals surface area (Å²) < 4.78 is 53.9. The lowest BCUT2D eigenvalue weighted by atomic mass is 10.1. The Labute approximate surface area is 167 Å². The van der Waals surface area contributed by atoms with Gasteiger partial charge in [0.2, 0.25) is 15.9 Å². The molecule has 0 bridgehead atoms. The van der Waals surface area contributed by atoms with Gasteiger partial charge in [0.1, 0.15) is 11.6 Å². The summed E-state index contributed by atoms with van der Waals surface area (Å²) in [5, 5.41) is 0.595. The van der Waals surface area contributed by atoms with Crippen LogP contribution >= 0.6 is 11.6 Å². The molecule has 1 aliphatic heterocycles. The number of halogens is 3. The van der Waals surface area contributed by atoms with Crippen LogP contribution in [0.5, 0.6) is 0 Å². The maximum absolute atomic E-state index is 13.9. The SMILES string of the molecule is O=C(CCc1ccccc1Cl)N1CCN(S(=O)(=O)c2c(F)cccc2F)CC1. The van der Waals surface area contributed by atoms with Crippen molar-refractivity contribution < 1.29 is 22.0 Å². The summed E-state index contributed by atoms with van der Waals surface area (Å²) in [5.74, 6) is -2.37. The molecule has 0 spiro atoms. The number of carbonyl (C=O) groups is 1. The number of amides is 1. The van der Waals surface area contributed by atoms with E-state index in [4.69, 9.17) is 11.6 Å². The first-order valence-corrected chi connectivity index (χ1v) is 10.6. The van der Waals surface area contributed by atoms with E-state index >= 15 is 0 Å². The predicted molar refractivity (Wildman–Crippen MR) is 101 cm³/mol. The molecule has 2 aromatic rings. The molecular weight excluding hydrogens is 410 g/mol. The second-order valence-corrected chi connectivity index (χ2v) is 8.71. The van der Waals surface area contributed by atoms with Crippen molar-refractivity contribution in [1.29, 1.82) is 0 Å². The Kier molecular flexibility index (Phi) is 6.32. The van der Waals surface area contributed by atoms with Crippen LogP contribution in [-0.4, -0.2) is 49.7 Å². The van der Waals surface area contributed by atoms with Crippen LogP contribution in [0.4, 0.5) is 8.78 Å². The van der Waals surface area contributed by atoms with E-state index < -0.39 is 26.6 Å². The minimum absolute atomic E-state index is 0.0199. The highest BCUT2D eigenvalue weighted by Crippen LogP contribution is 2.24. The Hall–Kier alpha value is -2.03. The smallest absolute Gasteiger partial charge is 0.249 e. The van der Waals surface area contributed by atoms with E-state index in [2.05, 4.69) is 0 Å². The van der Waals surface area contributed by atoms with E-state index in [1.165, 1.54) is 0 Å². The molecule has 0 aromatic heterocycles. The van der Waals surface area contributed by atoms with E-state index in [0.29, 0.717) is 11.4 Å². The van der Waals surface area contributed by atoms with Crippen molar-refractivity contribution in [3.8, 4) is 0 Å². The molecule has 5 nitrogen and oxygen atoms in total. The summed E-state index contributed by atoms with van der Waals surface area (Å²) in [5.41, 5.74) is 0.869. The first-order valence-electron chi connectivity index (χ1n) is 8.76. The van der Waals surface area contributed by atoms with Gasteiger partial charge >= 0.3 is 0 Å². The average Bonchev–Trinajstić information content (AvgIpc) is 2.67. The van der Waals surface area contributed by atoms with Crippen LogP contribution < -0.4 is 0 Å². The van der Waals surface area contributed by atoms with Crippen molar-refractivity contribution >= 4 is 27.5 Å². The molecule has 0 N–H and O–H groups in total. The van der Waals surface area contributed by atoms with Crippen molar-refractivity contribution in [3.05, 3.63) is 64.7 Å². The average molecular weight is 429 g/mol. The molecule has 1 aliphatic rings. The number of hydrogen-bond donors (Lipinski definition) is 0. The Bertz CT molecular complexity index is 957. The predicted octanol–water partition coefficient (Wildman–Crippen LogP) is 3.08. The summed E-state index contributed by atoms with van der Waals surface area (Å²) in [7, 11) is -4.31. The monoisotopic (exact) mass is 428 g/mol. The number of nitrogens with zero attached hydrogens (tertiary/aromatic N) is 2. The number of hydrogen-bond acceptors (Lipinski definition) is 3. The van der Waals surface area contributed by atoms with Crippen LogP contribution in [-0.2, 0) is 21.2 Å². The molecule has 2 aromatic carbocycles. The zero-order valence-electron chi connectivity index (χ0n) is 14.9. The summed E-state index contributed by atoms with van der Waals surface area (Å²) in [6, 6.07) is 10.2. The minimum atomic E-state index is -4.31. The van der Waals surface area contributed by atoms with Crippen LogP contribution in [0.3, 0.4) is 0 Å². The maximum atomic E-state index is 13.9. The van der Waals surface area contributed by atoms with Gasteiger partial charge in [-0.3, -0.25) is 4.79 Å². The van der Waals surface area contributed by atoms with Gasteiger partial charge in [-0.25, -0.2) is 17.2 Å². The van der Waals surface area contributed by atoms with Crippen LogP contribution in [0.2, 0.25) is 5.02 Å². The van der Waals surface area contributed by atoms with E-state index in [1.54, 1.807) is 11.0 Å². The van der Waals surface area contributed by atoms with Gasteiger partial charge in [-0.15, -0.1) is 0 Å². The van der Waals surface area contributed by atoms with Crippen molar-refractivity contribution in [2.24, 2.45) is 0 Å².